The molecule has 4 rings (SSSR count). The van der Waals surface area contributed by atoms with Crippen molar-refractivity contribution in [1.82, 2.24) is 5.06 Å². The van der Waals surface area contributed by atoms with Crippen LogP contribution in [-0.2, 0) is 19.1 Å². The van der Waals surface area contributed by atoms with Gasteiger partial charge in [0.1, 0.15) is 6.61 Å². The predicted molar refractivity (Wildman–Crippen MR) is 123 cm³/mol. The zero-order valence-corrected chi connectivity index (χ0v) is 20.0. The average molecular weight is 540 g/mol. The molecule has 0 unspecified atom stereocenters. The van der Waals surface area contributed by atoms with Crippen LogP contribution in [-0.4, -0.2) is 49.1 Å². The van der Waals surface area contributed by atoms with E-state index in [1.165, 1.54) is 36.0 Å². The van der Waals surface area contributed by atoms with Crippen LogP contribution in [0.25, 0.3) is 10.8 Å². The lowest BCUT2D eigenvalue weighted by Gasteiger charge is -2.26. The number of carbonyl (C=O) groups is 3. The number of thioether (sulfide) groups is 1. The van der Waals surface area contributed by atoms with E-state index in [1.807, 2.05) is 0 Å². The Bertz CT molecular complexity index is 1480. The van der Waals surface area contributed by atoms with Crippen LogP contribution in [0.5, 0.6) is 0 Å². The van der Waals surface area contributed by atoms with Gasteiger partial charge in [0.05, 0.1) is 16.7 Å². The fourth-order valence-electron chi connectivity index (χ4n) is 3.55. The van der Waals surface area contributed by atoms with Crippen molar-refractivity contribution in [2.75, 3.05) is 12.4 Å². The van der Waals surface area contributed by atoms with Gasteiger partial charge in [-0.3, -0.25) is 9.59 Å². The number of hydrogen-bond acceptors (Lipinski definition) is 8. The minimum absolute atomic E-state index is 0.0650. The van der Waals surface area contributed by atoms with Gasteiger partial charge in [-0.2, -0.15) is 21.6 Å². The van der Waals surface area contributed by atoms with Crippen molar-refractivity contribution in [2.45, 2.75) is 17.3 Å². The summed E-state index contributed by atoms with van der Waals surface area (Å²) in [6, 6.07) is 14.0. The standard InChI is InChI=1S/C23H16F3NO7S2/c1-13-5-2-3-6-14(13)22(30)33-11-12-35-18-10-9-17-19-15(18)7-4-8-16(19)20(28)27(21(17)29)34-36(31,32)23(24,25)26/h2-10H,11-12H2,1H3. The molecule has 3 aromatic carbocycles. The number of benzene rings is 3. The number of ether oxygens (including phenoxy) is 1. The van der Waals surface area contributed by atoms with Gasteiger partial charge in [0.15, 0.2) is 0 Å². The number of esters is 1. The SMILES string of the molecule is Cc1ccccc1C(=O)OCCSc1ccc2c3c(cccc13)C(=O)N(OS(=O)(=O)C(F)(F)F)C2=O. The Hall–Kier alpha value is -3.42. The quantitative estimate of drug-likeness (QED) is 0.142. The molecule has 0 radical (unpaired) electrons. The average Bonchev–Trinajstić information content (AvgIpc) is 2.82. The maximum absolute atomic E-state index is 12.7. The molecular weight excluding hydrogens is 523 g/mol. The van der Waals surface area contributed by atoms with E-state index in [0.717, 1.165) is 5.56 Å². The summed E-state index contributed by atoms with van der Waals surface area (Å²) < 4.78 is 70.2. The lowest BCUT2D eigenvalue weighted by molar-refractivity contribution is -0.0761. The molecule has 2 amide bonds. The first kappa shape index (κ1) is 25.7. The summed E-state index contributed by atoms with van der Waals surface area (Å²) in [4.78, 5) is 38.3. The molecule has 3 aromatic rings. The van der Waals surface area contributed by atoms with Crippen LogP contribution < -0.4 is 0 Å². The van der Waals surface area contributed by atoms with Crippen LogP contribution in [0, 0.1) is 6.92 Å². The highest BCUT2D eigenvalue weighted by Gasteiger charge is 2.51. The van der Waals surface area contributed by atoms with Gasteiger partial charge in [-0.05, 0) is 42.1 Å². The molecular formula is C23H16F3NO7S2. The molecule has 0 aromatic heterocycles. The third-order valence-electron chi connectivity index (χ3n) is 5.23. The topological polar surface area (TPSA) is 107 Å². The van der Waals surface area contributed by atoms with E-state index < -0.39 is 38.5 Å². The minimum atomic E-state index is -6.25. The van der Waals surface area contributed by atoms with E-state index in [2.05, 4.69) is 4.28 Å². The van der Waals surface area contributed by atoms with E-state index in [-0.39, 0.29) is 23.1 Å². The number of nitrogens with zero attached hydrogens (tertiary/aromatic N) is 1. The number of imide groups is 1. The summed E-state index contributed by atoms with van der Waals surface area (Å²) in [5.74, 6) is -2.84. The lowest BCUT2D eigenvalue weighted by atomic mass is 9.95. The molecule has 0 atom stereocenters. The number of hydrogen-bond donors (Lipinski definition) is 0. The fraction of sp³-hybridized carbons (Fsp3) is 0.174. The van der Waals surface area contributed by atoms with E-state index in [4.69, 9.17) is 4.74 Å². The Morgan fingerprint density at radius 3 is 2.31 bits per heavy atom. The monoisotopic (exact) mass is 539 g/mol. The highest BCUT2D eigenvalue weighted by Crippen LogP contribution is 2.37. The van der Waals surface area contributed by atoms with Gasteiger partial charge >= 0.3 is 21.6 Å². The summed E-state index contributed by atoms with van der Waals surface area (Å²) in [7, 11) is -6.25. The van der Waals surface area contributed by atoms with E-state index in [0.29, 0.717) is 21.6 Å². The van der Waals surface area contributed by atoms with Gasteiger partial charge in [0, 0.05) is 16.0 Å². The molecule has 1 heterocycles. The van der Waals surface area contributed by atoms with Crippen molar-refractivity contribution < 1.29 is 45.0 Å². The Labute approximate surface area is 207 Å². The minimum Gasteiger partial charge on any atom is -0.461 e. The lowest BCUT2D eigenvalue weighted by Crippen LogP contribution is -2.44. The first-order valence-corrected chi connectivity index (χ1v) is 12.6. The van der Waals surface area contributed by atoms with Gasteiger partial charge in [-0.15, -0.1) is 21.1 Å². The number of amides is 2. The molecule has 0 aliphatic carbocycles. The van der Waals surface area contributed by atoms with Crippen molar-refractivity contribution in [3.05, 3.63) is 76.9 Å². The largest absolute Gasteiger partial charge is 0.525 e. The summed E-state index contributed by atoms with van der Waals surface area (Å²) in [6.45, 7) is 1.85. The van der Waals surface area contributed by atoms with Crippen molar-refractivity contribution >= 4 is 50.4 Å². The van der Waals surface area contributed by atoms with Crippen LogP contribution in [0.2, 0.25) is 0 Å². The highest BCUT2D eigenvalue weighted by molar-refractivity contribution is 7.99. The summed E-state index contributed by atoms with van der Waals surface area (Å²) in [6.07, 6.45) is 0. The van der Waals surface area contributed by atoms with Crippen LogP contribution in [0.1, 0.15) is 36.6 Å². The molecule has 8 nitrogen and oxygen atoms in total. The second-order valence-electron chi connectivity index (χ2n) is 7.52. The molecule has 36 heavy (non-hydrogen) atoms. The molecule has 1 aliphatic rings. The van der Waals surface area contributed by atoms with Gasteiger partial charge in [-0.1, -0.05) is 30.3 Å². The molecule has 0 N–H and O–H groups in total. The van der Waals surface area contributed by atoms with Crippen LogP contribution >= 0.6 is 11.8 Å². The molecule has 0 fully saturated rings. The van der Waals surface area contributed by atoms with Crippen molar-refractivity contribution in [1.29, 1.82) is 0 Å². The third-order valence-corrected chi connectivity index (χ3v) is 7.18. The number of aryl methyl sites for hydroxylation is 1. The zero-order valence-electron chi connectivity index (χ0n) is 18.4. The van der Waals surface area contributed by atoms with Gasteiger partial charge in [0.25, 0.3) is 11.8 Å². The van der Waals surface area contributed by atoms with Gasteiger partial charge < -0.3 is 4.74 Å². The summed E-state index contributed by atoms with van der Waals surface area (Å²) in [5.41, 5.74) is -5.02. The van der Waals surface area contributed by atoms with Crippen LogP contribution in [0.4, 0.5) is 13.2 Å². The molecule has 188 valence electrons. The van der Waals surface area contributed by atoms with Crippen molar-refractivity contribution in [3.8, 4) is 0 Å². The smallest absolute Gasteiger partial charge is 0.461 e. The van der Waals surface area contributed by atoms with Gasteiger partial charge in [-0.25, -0.2) is 4.79 Å². The normalized spacial score (nSPS) is 13.8. The molecule has 0 saturated heterocycles. The number of hydroxylamine groups is 2. The van der Waals surface area contributed by atoms with E-state index >= 15 is 0 Å². The van der Waals surface area contributed by atoms with Crippen molar-refractivity contribution in [2.24, 2.45) is 0 Å². The number of rotatable bonds is 7. The zero-order chi connectivity index (χ0) is 26.3. The Kier molecular flexibility index (Phi) is 6.82. The Morgan fingerprint density at radius 2 is 1.64 bits per heavy atom. The van der Waals surface area contributed by atoms with Crippen LogP contribution in [0.3, 0.4) is 0 Å². The first-order valence-electron chi connectivity index (χ1n) is 10.2. The van der Waals surface area contributed by atoms with E-state index in [9.17, 15) is 36.0 Å². The van der Waals surface area contributed by atoms with Crippen LogP contribution in [0.15, 0.2) is 59.5 Å². The Balaban J connectivity index is 1.54. The fourth-order valence-corrected chi connectivity index (χ4v) is 4.84. The van der Waals surface area contributed by atoms with Crippen molar-refractivity contribution in [3.63, 3.8) is 0 Å². The predicted octanol–water partition coefficient (Wildman–Crippen LogP) is 4.47. The molecule has 13 heteroatoms. The first-order chi connectivity index (χ1) is 16.9. The molecule has 1 aliphatic heterocycles. The third kappa shape index (κ3) is 4.68. The highest BCUT2D eigenvalue weighted by atomic mass is 32.2. The summed E-state index contributed by atoms with van der Waals surface area (Å²) >= 11 is 1.27. The number of carbonyl (C=O) groups excluding carboxylic acids is 3. The molecule has 0 saturated carbocycles. The Morgan fingerprint density at radius 1 is 0.972 bits per heavy atom. The second-order valence-corrected chi connectivity index (χ2v) is 10.2. The molecule has 0 bridgehead atoms. The molecule has 0 spiro atoms. The van der Waals surface area contributed by atoms with E-state index in [1.54, 1.807) is 37.3 Å². The maximum Gasteiger partial charge on any atom is 0.525 e. The number of halogens is 3. The summed E-state index contributed by atoms with van der Waals surface area (Å²) in [5, 5.41) is 0.191. The maximum atomic E-state index is 12.7. The van der Waals surface area contributed by atoms with Gasteiger partial charge in [0.2, 0.25) is 0 Å². The number of alkyl halides is 3. The second kappa shape index (κ2) is 9.56.